The summed E-state index contributed by atoms with van der Waals surface area (Å²) >= 11 is 5.45. The van der Waals surface area contributed by atoms with E-state index in [4.69, 9.17) is 15.3 Å². The number of rotatable bonds is 30. The third-order valence-electron chi connectivity index (χ3n) is 13.5. The smallest absolute Gasteiger partial charge is 0.303 e. The van der Waals surface area contributed by atoms with E-state index in [1.54, 1.807) is 23.5 Å². The minimum atomic E-state index is -0.698. The van der Waals surface area contributed by atoms with E-state index >= 15 is 0 Å². The van der Waals surface area contributed by atoms with Crippen LogP contribution in [0.2, 0.25) is 0 Å². The van der Waals surface area contributed by atoms with E-state index in [1.165, 1.54) is 92.3 Å². The average molecular weight is 1070 g/mol. The van der Waals surface area contributed by atoms with E-state index in [0.717, 1.165) is 103 Å². The third-order valence-corrected chi connectivity index (χ3v) is 17.2. The highest BCUT2D eigenvalue weighted by Gasteiger charge is 2.20. The third kappa shape index (κ3) is 24.5. The fourth-order valence-electron chi connectivity index (χ4n) is 8.95. The Morgan fingerprint density at radius 2 is 0.693 bits per heavy atom. The second-order valence-electron chi connectivity index (χ2n) is 19.5. The van der Waals surface area contributed by atoms with Crippen molar-refractivity contribution in [2.75, 3.05) is 0 Å². The second-order valence-corrected chi connectivity index (χ2v) is 22.8. The Morgan fingerprint density at radius 1 is 0.347 bits per heavy atom. The lowest BCUT2D eigenvalue weighted by Crippen LogP contribution is -2.07. The van der Waals surface area contributed by atoms with E-state index < -0.39 is 17.9 Å². The number of hydrogen-bond donors (Lipinski definition) is 3. The molecule has 0 aromatic heterocycles. The lowest BCUT2D eigenvalue weighted by atomic mass is 9.87. The summed E-state index contributed by atoms with van der Waals surface area (Å²) in [4.78, 5) is 39.7. The Balaban J connectivity index is 0.000000281. The molecule has 75 heavy (non-hydrogen) atoms. The summed E-state index contributed by atoms with van der Waals surface area (Å²) in [5, 5.41) is 26.3. The zero-order valence-electron chi connectivity index (χ0n) is 45.5. The molecule has 6 aromatic carbocycles. The number of carboxylic acids is 3. The van der Waals surface area contributed by atoms with Crippen LogP contribution in [0.5, 0.6) is 0 Å². The summed E-state index contributed by atoms with van der Waals surface area (Å²) in [5.41, 5.74) is 12.7. The van der Waals surface area contributed by atoms with Gasteiger partial charge in [0.15, 0.2) is 0 Å². The summed E-state index contributed by atoms with van der Waals surface area (Å²) in [6.07, 6.45) is 19.6. The fourth-order valence-corrected chi connectivity index (χ4v) is 11.9. The molecular formula is C66H81O6S3. The zero-order chi connectivity index (χ0) is 54.2. The molecule has 0 aliphatic carbocycles. The lowest BCUT2D eigenvalue weighted by molar-refractivity contribution is -0.138. The molecule has 0 saturated heterocycles. The Bertz CT molecular complexity index is 2560. The largest absolute Gasteiger partial charge is 0.481 e. The van der Waals surface area contributed by atoms with Gasteiger partial charge in [-0.2, -0.15) is 0 Å². The summed E-state index contributed by atoms with van der Waals surface area (Å²) < 4.78 is 0. The molecule has 6 aromatic rings. The van der Waals surface area contributed by atoms with Gasteiger partial charge in [0.1, 0.15) is 0 Å². The van der Waals surface area contributed by atoms with Crippen LogP contribution in [0.25, 0.3) is 0 Å². The lowest BCUT2D eigenvalue weighted by Gasteiger charge is -2.24. The van der Waals surface area contributed by atoms with Crippen molar-refractivity contribution in [3.8, 4) is 0 Å². The first-order valence-electron chi connectivity index (χ1n) is 27.1. The van der Waals surface area contributed by atoms with Gasteiger partial charge in [0, 0.05) is 48.6 Å². The molecule has 0 fully saturated rings. The summed E-state index contributed by atoms with van der Waals surface area (Å²) in [6, 6.07) is 46.2. The number of aliphatic carboxylic acids is 3. The van der Waals surface area contributed by atoms with Gasteiger partial charge >= 0.3 is 17.9 Å². The molecule has 0 atom stereocenters. The Morgan fingerprint density at radius 3 is 1.11 bits per heavy atom. The molecule has 6 nitrogen and oxygen atoms in total. The number of unbranched alkanes of at least 4 members (excludes halogenated alkanes) is 12. The normalized spacial score (nSPS) is 10.8. The maximum absolute atomic E-state index is 10.8. The molecule has 0 bridgehead atoms. The molecule has 0 saturated carbocycles. The summed E-state index contributed by atoms with van der Waals surface area (Å²) in [5.74, 6) is -2.08. The van der Waals surface area contributed by atoms with Crippen LogP contribution in [-0.2, 0) is 33.6 Å². The predicted molar refractivity (Wildman–Crippen MR) is 313 cm³/mol. The SMILES string of the molecule is Cc1ccc(C)c(Sc2c(C)c(C)c(CCCCCCCC(=O)O)c(CCCCCCCC(=O)O)c2C)c1C.O=C(O)CCCCCCCc1ccc(Sc2cc[c]cc2)cc1.[c]1ccc(Sc2cc[c]cc2)cc1. The fraction of sp³-hybridized carbons (Fsp3) is 0.409. The highest BCUT2D eigenvalue weighted by atomic mass is 32.2. The van der Waals surface area contributed by atoms with Crippen molar-refractivity contribution in [1.29, 1.82) is 0 Å². The molecule has 0 aliphatic rings. The number of benzene rings is 6. The quantitative estimate of drug-likeness (QED) is 0.0380. The molecule has 3 N–H and O–H groups in total. The number of aryl methyl sites for hydroxylation is 3. The Hall–Kier alpha value is -5.22. The average Bonchev–Trinajstić information content (AvgIpc) is 3.40. The van der Waals surface area contributed by atoms with Crippen LogP contribution in [-0.4, -0.2) is 33.2 Å². The van der Waals surface area contributed by atoms with Crippen LogP contribution in [0.15, 0.2) is 139 Å². The molecule has 3 radical (unpaired) electrons. The first kappa shape index (κ1) is 62.3. The standard InChI is InChI=1S/C34H50O4S.C20H23O2S.C12H8S/c1-23-21-22-24(2)33(25(23)3)39-34-27(5)26(4)29(17-13-9-7-11-15-19-31(35)36)30(28(34)6)18-14-10-8-12-16-20-32(37)38;21-20(22)12-8-3-1-2-5-9-17-13-15-19(16-14-17)23-18-10-6-4-7-11-18;1-3-7-11(8-4-1)13-12-9-5-2-6-10-12/h21-22H,7-20H2,1-6H3,(H,35,36)(H,37,38);6-7,10-11,13-16H,1-3,5,8-9,12H2,(H,21,22);3-10H. The molecule has 0 unspecified atom stereocenters. The highest BCUT2D eigenvalue weighted by molar-refractivity contribution is 8.00. The van der Waals surface area contributed by atoms with Crippen LogP contribution in [0, 0.1) is 59.7 Å². The molecule has 9 heteroatoms. The summed E-state index contributed by atoms with van der Waals surface area (Å²) in [6.45, 7) is 13.5. The zero-order valence-corrected chi connectivity index (χ0v) is 48.0. The molecule has 0 aliphatic heterocycles. The summed E-state index contributed by atoms with van der Waals surface area (Å²) in [7, 11) is 0. The van der Waals surface area contributed by atoms with Crippen LogP contribution < -0.4 is 0 Å². The van der Waals surface area contributed by atoms with Crippen LogP contribution in [0.1, 0.15) is 166 Å². The van der Waals surface area contributed by atoms with Gasteiger partial charge in [0.25, 0.3) is 0 Å². The molecule has 0 spiro atoms. The van der Waals surface area contributed by atoms with E-state index in [0.29, 0.717) is 6.42 Å². The number of hydrogen-bond acceptors (Lipinski definition) is 6. The molecule has 6 rings (SSSR count). The van der Waals surface area contributed by atoms with Gasteiger partial charge in [0.2, 0.25) is 0 Å². The van der Waals surface area contributed by atoms with Crippen LogP contribution in [0.4, 0.5) is 0 Å². The van der Waals surface area contributed by atoms with Crippen LogP contribution in [0.3, 0.4) is 0 Å². The molecule has 0 amide bonds. The van der Waals surface area contributed by atoms with Crippen molar-refractivity contribution in [3.05, 3.63) is 177 Å². The van der Waals surface area contributed by atoms with Crippen molar-refractivity contribution in [1.82, 2.24) is 0 Å². The van der Waals surface area contributed by atoms with Crippen LogP contribution >= 0.6 is 35.3 Å². The minimum Gasteiger partial charge on any atom is -0.481 e. The first-order chi connectivity index (χ1) is 36.2. The minimum absolute atomic E-state index is 0.273. The molecule has 0 heterocycles. The van der Waals surface area contributed by atoms with Gasteiger partial charge in [-0.1, -0.05) is 154 Å². The topological polar surface area (TPSA) is 112 Å². The first-order valence-corrected chi connectivity index (χ1v) is 29.5. The van der Waals surface area contributed by atoms with Gasteiger partial charge in [0.05, 0.1) is 0 Å². The maximum Gasteiger partial charge on any atom is 0.303 e. The molecular weight excluding hydrogens is 985 g/mol. The second kappa shape index (κ2) is 35.9. The van der Waals surface area contributed by atoms with E-state index in [2.05, 4.69) is 133 Å². The highest BCUT2D eigenvalue weighted by Crippen LogP contribution is 2.42. The monoisotopic (exact) mass is 1070 g/mol. The Labute approximate surface area is 463 Å². The van der Waals surface area contributed by atoms with Crippen molar-refractivity contribution in [3.63, 3.8) is 0 Å². The Kier molecular flexibility index (Phi) is 29.9. The number of carboxylic acid groups (broad SMARTS) is 3. The van der Waals surface area contributed by atoms with E-state index in [-0.39, 0.29) is 12.8 Å². The van der Waals surface area contributed by atoms with Crippen molar-refractivity contribution in [2.45, 2.75) is 206 Å². The number of carbonyl (C=O) groups is 3. The van der Waals surface area contributed by atoms with Gasteiger partial charge < -0.3 is 15.3 Å². The van der Waals surface area contributed by atoms with Gasteiger partial charge in [-0.05, 0) is 216 Å². The van der Waals surface area contributed by atoms with E-state index in [9.17, 15) is 14.4 Å². The van der Waals surface area contributed by atoms with Crippen molar-refractivity contribution < 1.29 is 29.7 Å². The predicted octanol–water partition coefficient (Wildman–Crippen LogP) is 18.7. The maximum atomic E-state index is 10.8. The van der Waals surface area contributed by atoms with Gasteiger partial charge in [-0.25, -0.2) is 0 Å². The molecule has 399 valence electrons. The van der Waals surface area contributed by atoms with Gasteiger partial charge in [-0.3, -0.25) is 14.4 Å². The van der Waals surface area contributed by atoms with E-state index in [1.807, 2.05) is 48.2 Å². The van der Waals surface area contributed by atoms with Gasteiger partial charge in [-0.15, -0.1) is 0 Å². The van der Waals surface area contributed by atoms with Crippen molar-refractivity contribution >= 4 is 53.2 Å². The van der Waals surface area contributed by atoms with Crippen molar-refractivity contribution in [2.24, 2.45) is 0 Å².